The van der Waals surface area contributed by atoms with Gasteiger partial charge >= 0.3 is 0 Å². The average molecular weight is 306 g/mol. The maximum absolute atomic E-state index is 12.3. The van der Waals surface area contributed by atoms with E-state index >= 15 is 0 Å². The summed E-state index contributed by atoms with van der Waals surface area (Å²) >= 11 is 5.68. The molecule has 1 aliphatic rings. The fraction of sp³-hybridized carbons (Fsp3) is 0.545. The van der Waals surface area contributed by atoms with Crippen molar-refractivity contribution in [2.24, 2.45) is 4.47 Å². The molecule has 2 rings (SSSR count). The summed E-state index contributed by atoms with van der Waals surface area (Å²) in [7, 11) is -2.74. The monoisotopic (exact) mass is 305 g/mol. The molecular formula is C11H16ClN3O3S. The molecule has 2 heterocycles. The van der Waals surface area contributed by atoms with Crippen molar-refractivity contribution in [3.63, 3.8) is 0 Å². The molecule has 1 aromatic heterocycles. The zero-order valence-electron chi connectivity index (χ0n) is 9.49. The number of halogens is 1. The van der Waals surface area contributed by atoms with Gasteiger partial charge in [0.05, 0.1) is 5.25 Å². The Labute approximate surface area is 117 Å². The molecule has 2 unspecified atom stereocenters. The molecule has 2 atom stereocenters. The van der Waals surface area contributed by atoms with Gasteiger partial charge < -0.3 is 0 Å². The topological polar surface area (TPSA) is 85.5 Å². The van der Waals surface area contributed by atoms with Gasteiger partial charge in [-0.1, -0.05) is 25.1 Å². The van der Waals surface area contributed by atoms with Gasteiger partial charge in [-0.25, -0.2) is 19.3 Å². The molecule has 1 fully saturated rings. The number of aromatic nitrogens is 1. The van der Waals surface area contributed by atoms with Gasteiger partial charge in [0.1, 0.15) is 19.4 Å². The van der Waals surface area contributed by atoms with Crippen molar-refractivity contribution in [1.82, 2.24) is 4.98 Å². The van der Waals surface area contributed by atoms with Crippen LogP contribution in [0, 0.1) is 10.1 Å². The Bertz CT molecular complexity index is 567. The molecule has 19 heavy (non-hydrogen) atoms. The van der Waals surface area contributed by atoms with E-state index in [1.807, 2.05) is 0 Å². The van der Waals surface area contributed by atoms with Crippen LogP contribution in [0.5, 0.6) is 0 Å². The Morgan fingerprint density at radius 2 is 2.32 bits per heavy atom. The van der Waals surface area contributed by atoms with Crippen molar-refractivity contribution >= 4 is 21.3 Å². The third kappa shape index (κ3) is 3.87. The Morgan fingerprint density at radius 1 is 1.58 bits per heavy atom. The highest BCUT2D eigenvalue weighted by molar-refractivity contribution is 7.94. The third-order valence-electron chi connectivity index (χ3n) is 2.94. The van der Waals surface area contributed by atoms with Crippen LogP contribution < -0.4 is 0 Å². The zero-order chi connectivity index (χ0) is 13.2. The highest BCUT2D eigenvalue weighted by atomic mass is 35.5. The summed E-state index contributed by atoms with van der Waals surface area (Å²) in [6.45, 7) is 0. The largest absolute Gasteiger partial charge is 0.244 e. The first-order valence-electron chi connectivity index (χ1n) is 5.48. The zero-order valence-corrected chi connectivity index (χ0v) is 11.1. The SMILES string of the molecule is C.O=[N+]([O-])N=S1(=O)CCCC1Cc1ccc(Cl)nc1. The van der Waals surface area contributed by atoms with Gasteiger partial charge in [0.2, 0.25) is 0 Å². The third-order valence-corrected chi connectivity index (χ3v) is 5.89. The first kappa shape index (κ1) is 15.8. The molecule has 0 N–H and O–H groups in total. The van der Waals surface area contributed by atoms with E-state index in [-0.39, 0.29) is 12.7 Å². The van der Waals surface area contributed by atoms with Gasteiger partial charge in [0.15, 0.2) is 5.03 Å². The van der Waals surface area contributed by atoms with E-state index in [0.717, 1.165) is 5.56 Å². The molecule has 0 amide bonds. The van der Waals surface area contributed by atoms with Crippen LogP contribution in [0.4, 0.5) is 0 Å². The van der Waals surface area contributed by atoms with Crippen LogP contribution in [-0.2, 0) is 16.1 Å². The lowest BCUT2D eigenvalue weighted by atomic mass is 10.1. The second kappa shape index (κ2) is 6.29. The number of pyridine rings is 1. The summed E-state index contributed by atoms with van der Waals surface area (Å²) in [5.74, 6) is 0.305. The highest BCUT2D eigenvalue weighted by Crippen LogP contribution is 2.26. The van der Waals surface area contributed by atoms with Crippen LogP contribution in [-0.4, -0.2) is 25.2 Å². The number of hydrogen-bond donors (Lipinski definition) is 0. The molecular weight excluding hydrogens is 290 g/mol. The van der Waals surface area contributed by atoms with Crippen molar-refractivity contribution in [2.45, 2.75) is 31.9 Å². The summed E-state index contributed by atoms with van der Waals surface area (Å²) in [6.07, 6.45) is 3.49. The first-order valence-corrected chi connectivity index (χ1v) is 7.60. The van der Waals surface area contributed by atoms with Gasteiger partial charge in [-0.3, -0.25) is 0 Å². The summed E-state index contributed by atoms with van der Waals surface area (Å²) in [6, 6.07) is 3.44. The fourth-order valence-electron chi connectivity index (χ4n) is 2.11. The Hall–Kier alpha value is -1.21. The van der Waals surface area contributed by atoms with E-state index in [1.165, 1.54) is 0 Å². The van der Waals surface area contributed by atoms with Gasteiger partial charge in [-0.2, -0.15) is 0 Å². The Morgan fingerprint density at radius 3 is 2.89 bits per heavy atom. The van der Waals surface area contributed by atoms with Crippen molar-refractivity contribution in [3.05, 3.63) is 39.2 Å². The van der Waals surface area contributed by atoms with Crippen molar-refractivity contribution in [1.29, 1.82) is 0 Å². The lowest BCUT2D eigenvalue weighted by Crippen LogP contribution is -2.20. The molecule has 6 nitrogen and oxygen atoms in total. The van der Waals surface area contributed by atoms with Crippen molar-refractivity contribution in [2.75, 3.05) is 5.75 Å². The molecule has 106 valence electrons. The molecule has 0 radical (unpaired) electrons. The predicted octanol–water partition coefficient (Wildman–Crippen LogP) is 2.74. The Balaban J connectivity index is 0.00000180. The van der Waals surface area contributed by atoms with Crippen LogP contribution >= 0.6 is 11.6 Å². The predicted molar refractivity (Wildman–Crippen MR) is 75.1 cm³/mol. The van der Waals surface area contributed by atoms with Crippen molar-refractivity contribution < 1.29 is 9.24 Å². The number of hydrogen-bond acceptors (Lipinski definition) is 4. The smallest absolute Gasteiger partial charge is 0.199 e. The second-order valence-corrected chi connectivity index (χ2v) is 7.18. The molecule has 0 aliphatic carbocycles. The molecule has 0 aromatic carbocycles. The summed E-state index contributed by atoms with van der Waals surface area (Å²) in [5.41, 5.74) is 0.873. The van der Waals surface area contributed by atoms with Crippen LogP contribution in [0.3, 0.4) is 0 Å². The molecule has 1 aromatic rings. The highest BCUT2D eigenvalue weighted by Gasteiger charge is 2.32. The van der Waals surface area contributed by atoms with Crippen LogP contribution in [0.25, 0.3) is 0 Å². The minimum absolute atomic E-state index is 0. The van der Waals surface area contributed by atoms with Crippen LogP contribution in [0.2, 0.25) is 5.15 Å². The Kier molecular flexibility index (Phi) is 5.25. The van der Waals surface area contributed by atoms with Crippen LogP contribution in [0.15, 0.2) is 22.8 Å². The van der Waals surface area contributed by atoms with Crippen molar-refractivity contribution in [3.8, 4) is 0 Å². The second-order valence-electron chi connectivity index (χ2n) is 4.17. The lowest BCUT2D eigenvalue weighted by molar-refractivity contribution is -0.482. The minimum Gasteiger partial charge on any atom is -0.244 e. The number of nitro groups is 1. The van der Waals surface area contributed by atoms with E-state index in [0.29, 0.717) is 30.2 Å². The van der Waals surface area contributed by atoms with E-state index in [2.05, 4.69) is 9.46 Å². The van der Waals surface area contributed by atoms with Crippen LogP contribution in [0.1, 0.15) is 25.8 Å². The summed E-state index contributed by atoms with van der Waals surface area (Å²) in [5, 5.41) is 9.72. The summed E-state index contributed by atoms with van der Waals surface area (Å²) in [4.78, 5) is 14.4. The lowest BCUT2D eigenvalue weighted by Gasteiger charge is -2.10. The number of rotatable bonds is 3. The molecule has 8 heteroatoms. The van der Waals surface area contributed by atoms with E-state index in [9.17, 15) is 14.3 Å². The molecule has 0 spiro atoms. The van der Waals surface area contributed by atoms with E-state index in [4.69, 9.17) is 11.6 Å². The van der Waals surface area contributed by atoms with Gasteiger partial charge in [0, 0.05) is 11.9 Å². The van der Waals surface area contributed by atoms with E-state index in [1.54, 1.807) is 18.3 Å². The van der Waals surface area contributed by atoms with Gasteiger partial charge in [-0.15, -0.1) is 0 Å². The molecule has 1 saturated heterocycles. The molecule has 0 saturated carbocycles. The maximum atomic E-state index is 12.3. The minimum atomic E-state index is -2.74. The van der Waals surface area contributed by atoms with Gasteiger partial charge in [-0.05, 0) is 30.9 Å². The summed E-state index contributed by atoms with van der Waals surface area (Å²) < 4.78 is 15.6. The van der Waals surface area contributed by atoms with E-state index < -0.39 is 14.8 Å². The van der Waals surface area contributed by atoms with Gasteiger partial charge in [0.25, 0.3) is 0 Å². The normalized spacial score (nSPS) is 25.6. The number of nitrogens with zero attached hydrogens (tertiary/aromatic N) is 3. The fourth-order valence-corrected chi connectivity index (χ4v) is 4.57. The molecule has 0 bridgehead atoms. The first-order chi connectivity index (χ1) is 8.49. The maximum Gasteiger partial charge on any atom is 0.199 e. The molecule has 1 aliphatic heterocycles. The average Bonchev–Trinajstić information content (AvgIpc) is 2.62. The standard InChI is InChI=1S/C10H12ClN3O3S.CH4/c11-10-4-3-8(7-12-10)6-9-2-1-5-18(9,17)13-14(15)16;/h3-4,7,9H,1-2,5-6H2;1H4. The quantitative estimate of drug-likeness (QED) is 0.488.